The summed E-state index contributed by atoms with van der Waals surface area (Å²) in [7, 11) is -1.90. The quantitative estimate of drug-likeness (QED) is 0.585. The summed E-state index contributed by atoms with van der Waals surface area (Å²) in [5.41, 5.74) is -0.355. The first-order valence-corrected chi connectivity index (χ1v) is 6.71. The van der Waals surface area contributed by atoms with Crippen molar-refractivity contribution >= 4 is 16.7 Å². The van der Waals surface area contributed by atoms with Crippen LogP contribution in [0.25, 0.3) is 0 Å². The summed E-state index contributed by atoms with van der Waals surface area (Å²) < 4.78 is 66.9. The Morgan fingerprint density at radius 2 is 1.60 bits per heavy atom. The molecule has 2 aromatic rings. The lowest BCUT2D eigenvalue weighted by atomic mass is 10.2. The van der Waals surface area contributed by atoms with Crippen LogP contribution in [0.3, 0.4) is 0 Å². The molecule has 0 saturated carbocycles. The lowest BCUT2D eigenvalue weighted by Crippen LogP contribution is -2.22. The number of benzene rings is 2. The third-order valence-corrected chi connectivity index (χ3v) is 4.50. The molecule has 7 heteroatoms. The van der Waals surface area contributed by atoms with Crippen LogP contribution in [0.5, 0.6) is 0 Å². The molecular formula is C13H7F4NOS. The van der Waals surface area contributed by atoms with Crippen LogP contribution in [0.15, 0.2) is 35.2 Å². The Kier molecular flexibility index (Phi) is 3.01. The molecule has 2 nitrogen and oxygen atoms in total. The molecule has 0 N–H and O–H groups in total. The number of rotatable bonds is 1. The van der Waals surface area contributed by atoms with Gasteiger partial charge in [-0.1, -0.05) is 18.2 Å². The first-order chi connectivity index (χ1) is 9.50. The van der Waals surface area contributed by atoms with E-state index in [9.17, 15) is 21.8 Å². The van der Waals surface area contributed by atoms with Crippen LogP contribution in [-0.2, 0) is 17.5 Å². The number of fused-ring (bicyclic) bond motifs is 1. The van der Waals surface area contributed by atoms with Crippen molar-refractivity contribution in [1.82, 2.24) is 0 Å². The molecule has 1 aliphatic heterocycles. The largest absolute Gasteiger partial charge is 0.277 e. The minimum atomic E-state index is -1.90. The lowest BCUT2D eigenvalue weighted by molar-refractivity contribution is 0.456. The predicted molar refractivity (Wildman–Crippen MR) is 65.3 cm³/mol. The van der Waals surface area contributed by atoms with Crippen LogP contribution in [0, 0.1) is 23.3 Å². The Morgan fingerprint density at radius 3 is 2.20 bits per heavy atom. The molecule has 2 aromatic carbocycles. The molecule has 3 rings (SSSR count). The van der Waals surface area contributed by atoms with Gasteiger partial charge in [-0.15, -0.1) is 0 Å². The van der Waals surface area contributed by atoms with Crippen molar-refractivity contribution in [1.29, 1.82) is 0 Å². The van der Waals surface area contributed by atoms with E-state index in [-0.39, 0.29) is 12.6 Å². The highest BCUT2D eigenvalue weighted by atomic mass is 32.2. The molecule has 0 saturated heterocycles. The van der Waals surface area contributed by atoms with Crippen LogP contribution in [0.1, 0.15) is 5.56 Å². The van der Waals surface area contributed by atoms with Crippen LogP contribution in [0.4, 0.5) is 23.2 Å². The van der Waals surface area contributed by atoms with Crippen LogP contribution in [0.2, 0.25) is 0 Å². The first kappa shape index (κ1) is 13.1. The van der Waals surface area contributed by atoms with Gasteiger partial charge in [0.25, 0.3) is 0 Å². The van der Waals surface area contributed by atoms with Crippen molar-refractivity contribution in [2.45, 2.75) is 11.4 Å². The molecule has 0 fully saturated rings. The highest BCUT2D eigenvalue weighted by molar-refractivity contribution is 7.86. The van der Waals surface area contributed by atoms with E-state index in [1.54, 1.807) is 18.2 Å². The summed E-state index contributed by atoms with van der Waals surface area (Å²) in [6.07, 6.45) is 0. The van der Waals surface area contributed by atoms with Crippen LogP contribution < -0.4 is 4.31 Å². The van der Waals surface area contributed by atoms with Crippen molar-refractivity contribution < 1.29 is 21.8 Å². The Balaban J connectivity index is 2.16. The van der Waals surface area contributed by atoms with Gasteiger partial charge in [0.15, 0.2) is 34.3 Å². The van der Waals surface area contributed by atoms with Crippen molar-refractivity contribution in [3.63, 3.8) is 0 Å². The number of anilines is 1. The molecule has 1 atom stereocenters. The van der Waals surface area contributed by atoms with Gasteiger partial charge in [0.05, 0.1) is 11.4 Å². The highest BCUT2D eigenvalue weighted by Gasteiger charge is 2.33. The number of hydrogen-bond acceptors (Lipinski definition) is 1. The average Bonchev–Trinajstić information content (AvgIpc) is 2.75. The van der Waals surface area contributed by atoms with Gasteiger partial charge in [-0.2, -0.15) is 0 Å². The third kappa shape index (κ3) is 1.81. The molecule has 20 heavy (non-hydrogen) atoms. The predicted octanol–water partition coefficient (Wildman–Crippen LogP) is 3.29. The van der Waals surface area contributed by atoms with Crippen molar-refractivity contribution in [3.05, 3.63) is 59.2 Å². The Bertz CT molecular complexity index is 708. The Hall–Kier alpha value is -1.89. The molecule has 0 amide bonds. The standard InChI is InChI=1S/C13H7F4NOS/c14-8-5-9(15)12(17)13(11(8)16)18-6-7-3-1-2-4-10(7)20(18)19/h1-5H,6H2. The maximum Gasteiger partial charge on any atom is 0.186 e. The fraction of sp³-hybridized carbons (Fsp3) is 0.0769. The SMILES string of the molecule is O=S1c2ccccc2CN1c1c(F)c(F)cc(F)c1F. The van der Waals surface area contributed by atoms with Crippen molar-refractivity contribution in [2.75, 3.05) is 4.31 Å². The summed E-state index contributed by atoms with van der Waals surface area (Å²) in [6, 6.07) is 6.60. The number of nitrogens with zero attached hydrogens (tertiary/aromatic N) is 1. The summed E-state index contributed by atoms with van der Waals surface area (Å²) in [4.78, 5) is 0.371. The summed E-state index contributed by atoms with van der Waals surface area (Å²) in [5, 5.41) is 0. The van der Waals surface area contributed by atoms with E-state index >= 15 is 0 Å². The normalized spacial score (nSPS) is 17.4. The fourth-order valence-corrected chi connectivity index (χ4v) is 3.45. The van der Waals surface area contributed by atoms with Gasteiger partial charge in [-0.05, 0) is 11.6 Å². The zero-order valence-corrected chi connectivity index (χ0v) is 10.7. The minimum Gasteiger partial charge on any atom is -0.277 e. The summed E-state index contributed by atoms with van der Waals surface area (Å²) in [5.74, 6) is -6.14. The van der Waals surface area contributed by atoms with Gasteiger partial charge >= 0.3 is 0 Å². The van der Waals surface area contributed by atoms with E-state index in [1.165, 1.54) is 6.07 Å². The van der Waals surface area contributed by atoms with Gasteiger partial charge in [-0.3, -0.25) is 4.31 Å². The number of halogens is 4. The zero-order chi connectivity index (χ0) is 14.4. The minimum absolute atomic E-state index is 0.0838. The molecule has 1 unspecified atom stereocenters. The molecule has 0 aliphatic carbocycles. The second-order valence-electron chi connectivity index (χ2n) is 4.21. The lowest BCUT2D eigenvalue weighted by Gasteiger charge is -2.18. The van der Waals surface area contributed by atoms with Gasteiger partial charge < -0.3 is 0 Å². The van der Waals surface area contributed by atoms with E-state index in [2.05, 4.69) is 0 Å². The van der Waals surface area contributed by atoms with Gasteiger partial charge in [0, 0.05) is 6.07 Å². The van der Waals surface area contributed by atoms with E-state index in [0.29, 0.717) is 10.5 Å². The van der Waals surface area contributed by atoms with E-state index in [4.69, 9.17) is 0 Å². The van der Waals surface area contributed by atoms with Crippen LogP contribution in [-0.4, -0.2) is 4.21 Å². The fourth-order valence-electron chi connectivity index (χ4n) is 2.08. The topological polar surface area (TPSA) is 20.3 Å². The summed E-state index contributed by atoms with van der Waals surface area (Å²) in [6.45, 7) is -0.0838. The molecule has 0 aromatic heterocycles. The average molecular weight is 301 g/mol. The second-order valence-corrected chi connectivity index (χ2v) is 5.59. The molecule has 104 valence electrons. The maximum absolute atomic E-state index is 13.7. The van der Waals surface area contributed by atoms with Gasteiger partial charge in [0.1, 0.15) is 5.69 Å². The summed E-state index contributed by atoms with van der Waals surface area (Å²) >= 11 is 0. The van der Waals surface area contributed by atoms with E-state index in [0.717, 1.165) is 4.31 Å². The Labute approximate surface area is 114 Å². The smallest absolute Gasteiger partial charge is 0.186 e. The first-order valence-electron chi connectivity index (χ1n) is 5.61. The van der Waals surface area contributed by atoms with Gasteiger partial charge in [-0.25, -0.2) is 21.8 Å². The van der Waals surface area contributed by atoms with Crippen LogP contribution >= 0.6 is 0 Å². The zero-order valence-electron chi connectivity index (χ0n) is 9.87. The van der Waals surface area contributed by atoms with Crippen molar-refractivity contribution in [3.8, 4) is 0 Å². The molecule has 0 spiro atoms. The Morgan fingerprint density at radius 1 is 1.00 bits per heavy atom. The van der Waals surface area contributed by atoms with Crippen molar-refractivity contribution in [2.24, 2.45) is 0 Å². The number of hydrogen-bond donors (Lipinski definition) is 0. The third-order valence-electron chi connectivity index (χ3n) is 3.01. The molecule has 1 aliphatic rings. The molecule has 0 radical (unpaired) electrons. The van der Waals surface area contributed by atoms with E-state index in [1.807, 2.05) is 0 Å². The highest BCUT2D eigenvalue weighted by Crippen LogP contribution is 2.36. The monoisotopic (exact) mass is 301 g/mol. The second kappa shape index (κ2) is 4.59. The molecule has 1 heterocycles. The van der Waals surface area contributed by atoms with E-state index < -0.39 is 39.9 Å². The molecule has 0 bridgehead atoms. The molecular weight excluding hydrogens is 294 g/mol. The maximum atomic E-state index is 13.7. The van der Waals surface area contributed by atoms with Gasteiger partial charge in [0.2, 0.25) is 0 Å².